The third-order valence-electron chi connectivity index (χ3n) is 4.77. The monoisotopic (exact) mass is 432 g/mol. The van der Waals surface area contributed by atoms with Gasteiger partial charge in [-0.2, -0.15) is 10.2 Å². The molecule has 0 spiro atoms. The van der Waals surface area contributed by atoms with Gasteiger partial charge >= 0.3 is 0 Å². The zero-order valence-electron chi connectivity index (χ0n) is 17.1. The van der Waals surface area contributed by atoms with Gasteiger partial charge in [0.25, 0.3) is 0 Å². The van der Waals surface area contributed by atoms with Gasteiger partial charge in [-0.15, -0.1) is 12.4 Å². The fraction of sp³-hybridized carbons (Fsp3) is 0.429. The fourth-order valence-corrected chi connectivity index (χ4v) is 3.49. The molecule has 1 aromatic carbocycles. The van der Waals surface area contributed by atoms with Gasteiger partial charge in [-0.1, -0.05) is 13.3 Å². The summed E-state index contributed by atoms with van der Waals surface area (Å²) in [6.07, 6.45) is 3.66. The second-order valence-corrected chi connectivity index (χ2v) is 7.21. The number of nitriles is 1. The van der Waals surface area contributed by atoms with E-state index >= 15 is 0 Å². The maximum atomic E-state index is 13.6. The highest BCUT2D eigenvalue weighted by molar-refractivity contribution is 5.85. The van der Waals surface area contributed by atoms with E-state index in [1.54, 1.807) is 6.07 Å². The smallest absolute Gasteiger partial charge is 0.229 e. The second kappa shape index (κ2) is 10.7. The Labute approximate surface area is 182 Å². The van der Waals surface area contributed by atoms with Gasteiger partial charge in [0.05, 0.1) is 5.56 Å². The number of nitrogens with one attached hydrogen (secondary N) is 2. The standard InChI is InChI=1S/C21H25FN6O.ClH/c1-3-5-16-11-20(28-9-4-6-18(13-28)24-14(2)29)27-21(25-16)26-17-7-8-19(22)15(10-17)12-23;/h7-8,10-11,18H,3-6,9,13H2,1-2H3,(H,24,29)(H,25,26,27);1H. The minimum Gasteiger partial charge on any atom is -0.354 e. The Bertz CT molecular complexity index is 932. The molecule has 1 fully saturated rings. The van der Waals surface area contributed by atoms with Gasteiger partial charge in [0.1, 0.15) is 17.7 Å². The van der Waals surface area contributed by atoms with Crippen LogP contribution in [0.4, 0.5) is 21.8 Å². The van der Waals surface area contributed by atoms with E-state index in [1.165, 1.54) is 19.1 Å². The predicted molar refractivity (Wildman–Crippen MR) is 117 cm³/mol. The van der Waals surface area contributed by atoms with Crippen LogP contribution in [-0.2, 0) is 11.2 Å². The van der Waals surface area contributed by atoms with Crippen LogP contribution in [0.15, 0.2) is 24.3 Å². The number of aryl methyl sites for hydroxylation is 1. The van der Waals surface area contributed by atoms with Crippen LogP contribution in [0, 0.1) is 17.1 Å². The number of rotatable bonds is 6. The van der Waals surface area contributed by atoms with Gasteiger partial charge in [0, 0.05) is 43.5 Å². The molecule has 0 aliphatic carbocycles. The number of anilines is 3. The van der Waals surface area contributed by atoms with Crippen molar-refractivity contribution in [3.63, 3.8) is 0 Å². The van der Waals surface area contributed by atoms with Gasteiger partial charge in [-0.3, -0.25) is 4.79 Å². The molecule has 2 aromatic rings. The molecule has 1 aliphatic heterocycles. The summed E-state index contributed by atoms with van der Waals surface area (Å²) in [4.78, 5) is 22.8. The predicted octanol–water partition coefficient (Wildman–Crippen LogP) is 3.71. The highest BCUT2D eigenvalue weighted by Crippen LogP contribution is 2.23. The summed E-state index contributed by atoms with van der Waals surface area (Å²) in [6.45, 7) is 5.16. The van der Waals surface area contributed by atoms with Gasteiger partial charge < -0.3 is 15.5 Å². The van der Waals surface area contributed by atoms with Crippen molar-refractivity contribution in [1.29, 1.82) is 5.26 Å². The van der Waals surface area contributed by atoms with Crippen molar-refractivity contribution in [2.75, 3.05) is 23.3 Å². The number of hydrogen-bond donors (Lipinski definition) is 2. The quantitative estimate of drug-likeness (QED) is 0.722. The summed E-state index contributed by atoms with van der Waals surface area (Å²) in [5.74, 6) is 0.613. The normalized spacial score (nSPS) is 15.7. The number of nitrogens with zero attached hydrogens (tertiary/aromatic N) is 4. The number of piperidine rings is 1. The molecule has 0 radical (unpaired) electrons. The molecular formula is C21H26ClFN6O. The lowest BCUT2D eigenvalue weighted by Gasteiger charge is -2.34. The van der Waals surface area contributed by atoms with Crippen LogP contribution < -0.4 is 15.5 Å². The Balaban J connectivity index is 0.00000320. The van der Waals surface area contributed by atoms with Gasteiger partial charge in [0.15, 0.2) is 0 Å². The van der Waals surface area contributed by atoms with Crippen molar-refractivity contribution < 1.29 is 9.18 Å². The van der Waals surface area contributed by atoms with Gasteiger partial charge in [-0.05, 0) is 37.5 Å². The molecule has 1 amide bonds. The highest BCUT2D eigenvalue weighted by Gasteiger charge is 2.22. The maximum absolute atomic E-state index is 13.6. The number of aromatic nitrogens is 2. The van der Waals surface area contributed by atoms with E-state index in [1.807, 2.05) is 12.1 Å². The first-order chi connectivity index (χ1) is 14.0. The summed E-state index contributed by atoms with van der Waals surface area (Å²) >= 11 is 0. The van der Waals surface area contributed by atoms with Crippen LogP contribution >= 0.6 is 12.4 Å². The third-order valence-corrected chi connectivity index (χ3v) is 4.77. The third kappa shape index (κ3) is 6.04. The Hall–Kier alpha value is -2.92. The Morgan fingerprint density at radius 1 is 1.37 bits per heavy atom. The Morgan fingerprint density at radius 3 is 2.87 bits per heavy atom. The molecule has 0 bridgehead atoms. The van der Waals surface area contributed by atoms with Crippen molar-refractivity contribution >= 4 is 35.8 Å². The molecule has 1 aliphatic rings. The number of amides is 1. The lowest BCUT2D eigenvalue weighted by molar-refractivity contribution is -0.119. The zero-order chi connectivity index (χ0) is 20.8. The van der Waals surface area contributed by atoms with E-state index in [4.69, 9.17) is 5.26 Å². The van der Waals surface area contributed by atoms with Crippen molar-refractivity contribution in [3.8, 4) is 6.07 Å². The molecule has 9 heteroatoms. The number of carbonyl (C=O) groups is 1. The molecule has 7 nitrogen and oxygen atoms in total. The highest BCUT2D eigenvalue weighted by atomic mass is 35.5. The van der Waals surface area contributed by atoms with E-state index in [2.05, 4.69) is 32.4 Å². The van der Waals surface area contributed by atoms with E-state index in [0.29, 0.717) is 18.2 Å². The first-order valence-electron chi connectivity index (χ1n) is 9.85. The van der Waals surface area contributed by atoms with Crippen molar-refractivity contribution in [2.24, 2.45) is 0 Å². The molecule has 30 heavy (non-hydrogen) atoms. The summed E-state index contributed by atoms with van der Waals surface area (Å²) in [6, 6.07) is 8.16. The number of carbonyl (C=O) groups excluding carboxylic acids is 1. The molecular weight excluding hydrogens is 407 g/mol. The van der Waals surface area contributed by atoms with Crippen LogP contribution in [-0.4, -0.2) is 35.0 Å². The minimum absolute atomic E-state index is 0. The summed E-state index contributed by atoms with van der Waals surface area (Å²) in [5.41, 5.74) is 1.43. The lowest BCUT2D eigenvalue weighted by atomic mass is 10.1. The molecule has 0 saturated carbocycles. The largest absolute Gasteiger partial charge is 0.354 e. The van der Waals surface area contributed by atoms with Crippen molar-refractivity contribution in [1.82, 2.24) is 15.3 Å². The molecule has 1 atom stereocenters. The average Bonchev–Trinajstić information content (AvgIpc) is 2.69. The molecule has 160 valence electrons. The van der Waals surface area contributed by atoms with Crippen LogP contribution in [0.5, 0.6) is 0 Å². The maximum Gasteiger partial charge on any atom is 0.229 e. The van der Waals surface area contributed by atoms with E-state index in [-0.39, 0.29) is 29.9 Å². The van der Waals surface area contributed by atoms with E-state index in [9.17, 15) is 9.18 Å². The van der Waals surface area contributed by atoms with E-state index < -0.39 is 5.82 Å². The molecule has 3 rings (SSSR count). The summed E-state index contributed by atoms with van der Waals surface area (Å²) < 4.78 is 13.6. The zero-order valence-corrected chi connectivity index (χ0v) is 17.9. The lowest BCUT2D eigenvalue weighted by Crippen LogP contribution is -2.47. The molecule has 1 saturated heterocycles. The minimum atomic E-state index is -0.559. The molecule has 1 unspecified atom stereocenters. The SMILES string of the molecule is CCCc1cc(N2CCCC(NC(C)=O)C2)nc(Nc2ccc(F)c(C#N)c2)n1.Cl. The van der Waals surface area contributed by atoms with Gasteiger partial charge in [0.2, 0.25) is 11.9 Å². The van der Waals surface area contributed by atoms with Crippen molar-refractivity contribution in [2.45, 2.75) is 45.6 Å². The molecule has 1 aromatic heterocycles. The topological polar surface area (TPSA) is 93.9 Å². The van der Waals surface area contributed by atoms with Crippen LogP contribution in [0.2, 0.25) is 0 Å². The molecule has 2 heterocycles. The van der Waals surface area contributed by atoms with Crippen LogP contribution in [0.3, 0.4) is 0 Å². The number of hydrogen-bond acceptors (Lipinski definition) is 6. The van der Waals surface area contributed by atoms with Crippen LogP contribution in [0.25, 0.3) is 0 Å². The second-order valence-electron chi connectivity index (χ2n) is 7.21. The first kappa shape index (κ1) is 23.4. The van der Waals surface area contributed by atoms with Crippen molar-refractivity contribution in [3.05, 3.63) is 41.3 Å². The van der Waals surface area contributed by atoms with Crippen LogP contribution in [0.1, 0.15) is 44.4 Å². The average molecular weight is 433 g/mol. The Kier molecular flexibility index (Phi) is 8.36. The fourth-order valence-electron chi connectivity index (χ4n) is 3.49. The van der Waals surface area contributed by atoms with E-state index in [0.717, 1.165) is 43.7 Å². The van der Waals surface area contributed by atoms with Gasteiger partial charge in [-0.25, -0.2) is 9.37 Å². The molecule has 2 N–H and O–H groups in total. The first-order valence-corrected chi connectivity index (χ1v) is 9.85. The Morgan fingerprint density at radius 2 is 2.17 bits per heavy atom. The summed E-state index contributed by atoms with van der Waals surface area (Å²) in [5, 5.41) is 15.1. The number of halogens is 2. The number of benzene rings is 1. The summed E-state index contributed by atoms with van der Waals surface area (Å²) in [7, 11) is 0.